The van der Waals surface area contributed by atoms with Crippen LogP contribution in [0.3, 0.4) is 0 Å². The van der Waals surface area contributed by atoms with Crippen molar-refractivity contribution in [2.75, 3.05) is 11.9 Å². The summed E-state index contributed by atoms with van der Waals surface area (Å²) in [6, 6.07) is 23.2. The summed E-state index contributed by atoms with van der Waals surface area (Å²) in [5.41, 5.74) is 1.51. The van der Waals surface area contributed by atoms with E-state index in [0.717, 1.165) is 3.57 Å². The zero-order chi connectivity index (χ0) is 20.6. The van der Waals surface area contributed by atoms with Gasteiger partial charge in [-0.15, -0.1) is 0 Å². The molecule has 0 aliphatic rings. The molecule has 0 aliphatic carbocycles. The van der Waals surface area contributed by atoms with Gasteiger partial charge in [0.15, 0.2) is 0 Å². The molecule has 0 aliphatic heterocycles. The number of anilines is 1. The predicted molar refractivity (Wildman–Crippen MR) is 120 cm³/mol. The highest BCUT2D eigenvalue weighted by atomic mass is 127. The van der Waals surface area contributed by atoms with Crippen molar-refractivity contribution in [3.05, 3.63) is 93.6 Å². The van der Waals surface area contributed by atoms with Crippen molar-refractivity contribution >= 4 is 40.2 Å². The zero-order valence-corrected chi connectivity index (χ0v) is 18.0. The Labute approximate surface area is 183 Å². The van der Waals surface area contributed by atoms with Gasteiger partial charge >= 0.3 is 5.97 Å². The maximum absolute atomic E-state index is 13.1. The van der Waals surface area contributed by atoms with Crippen LogP contribution < -0.4 is 10.1 Å². The van der Waals surface area contributed by atoms with Crippen LogP contribution in [-0.2, 0) is 9.53 Å². The Bertz CT molecular complexity index is 991. The Kier molecular flexibility index (Phi) is 7.24. The van der Waals surface area contributed by atoms with Crippen molar-refractivity contribution in [3.8, 4) is 5.75 Å². The number of hydrogen-bond donors (Lipinski definition) is 1. The highest BCUT2D eigenvalue weighted by Crippen LogP contribution is 2.27. The van der Waals surface area contributed by atoms with Gasteiger partial charge in [-0.3, -0.25) is 4.79 Å². The van der Waals surface area contributed by atoms with Crippen LogP contribution in [0.15, 0.2) is 78.9 Å². The summed E-state index contributed by atoms with van der Waals surface area (Å²) in [7, 11) is 0. The molecule has 0 aromatic heterocycles. The highest BCUT2D eigenvalue weighted by Gasteiger charge is 2.27. The number of esters is 1. The van der Waals surface area contributed by atoms with Crippen LogP contribution in [0.1, 0.15) is 28.9 Å². The molecule has 0 fully saturated rings. The maximum Gasteiger partial charge on any atom is 0.340 e. The van der Waals surface area contributed by atoms with Gasteiger partial charge in [0.1, 0.15) is 5.75 Å². The second-order valence-electron chi connectivity index (χ2n) is 6.09. The topological polar surface area (TPSA) is 64.6 Å². The van der Waals surface area contributed by atoms with E-state index in [-0.39, 0.29) is 0 Å². The summed E-state index contributed by atoms with van der Waals surface area (Å²) in [4.78, 5) is 25.8. The van der Waals surface area contributed by atoms with Crippen molar-refractivity contribution in [1.29, 1.82) is 0 Å². The molecule has 1 amide bonds. The molecule has 0 bridgehead atoms. The predicted octanol–water partition coefficient (Wildman–Crippen LogP) is 5.23. The van der Waals surface area contributed by atoms with Crippen LogP contribution in [0.5, 0.6) is 5.75 Å². The monoisotopic (exact) mass is 501 g/mol. The summed E-state index contributed by atoms with van der Waals surface area (Å²) in [6.07, 6.45) is -1.10. The fourth-order valence-corrected chi connectivity index (χ4v) is 3.36. The van der Waals surface area contributed by atoms with E-state index in [4.69, 9.17) is 9.47 Å². The van der Waals surface area contributed by atoms with E-state index in [1.54, 1.807) is 54.6 Å². The van der Waals surface area contributed by atoms with Crippen molar-refractivity contribution in [2.45, 2.75) is 13.0 Å². The molecule has 29 heavy (non-hydrogen) atoms. The molecular formula is C23H20INO4. The van der Waals surface area contributed by atoms with Crippen molar-refractivity contribution in [2.24, 2.45) is 0 Å². The first-order valence-electron chi connectivity index (χ1n) is 9.13. The van der Waals surface area contributed by atoms with Crippen LogP contribution in [0.2, 0.25) is 0 Å². The molecule has 0 saturated carbocycles. The molecule has 3 aromatic rings. The molecule has 5 nitrogen and oxygen atoms in total. The third-order valence-electron chi connectivity index (χ3n) is 4.10. The van der Waals surface area contributed by atoms with E-state index >= 15 is 0 Å². The van der Waals surface area contributed by atoms with Crippen LogP contribution >= 0.6 is 22.6 Å². The zero-order valence-electron chi connectivity index (χ0n) is 15.8. The number of benzene rings is 3. The van der Waals surface area contributed by atoms with Gasteiger partial charge in [-0.05, 0) is 53.8 Å². The number of ether oxygens (including phenoxy) is 2. The average Bonchev–Trinajstić information content (AvgIpc) is 2.74. The second kappa shape index (κ2) is 10.1. The van der Waals surface area contributed by atoms with Gasteiger partial charge in [0.2, 0.25) is 6.10 Å². The lowest BCUT2D eigenvalue weighted by Crippen LogP contribution is -2.26. The molecule has 0 radical (unpaired) electrons. The minimum absolute atomic E-state index is 0.413. The Balaban J connectivity index is 1.87. The first-order valence-corrected chi connectivity index (χ1v) is 10.2. The Morgan fingerprint density at radius 3 is 2.31 bits per heavy atom. The van der Waals surface area contributed by atoms with Gasteiger partial charge < -0.3 is 14.8 Å². The largest absolute Gasteiger partial charge is 0.492 e. The number of carbonyl (C=O) groups is 2. The van der Waals surface area contributed by atoms with Gasteiger partial charge in [0, 0.05) is 9.13 Å². The van der Waals surface area contributed by atoms with Crippen LogP contribution in [0, 0.1) is 3.57 Å². The number of nitrogens with one attached hydrogen (secondary N) is 1. The molecule has 6 heteroatoms. The Hall–Kier alpha value is -2.87. The molecule has 0 spiro atoms. The number of rotatable bonds is 7. The summed E-state index contributed by atoms with van der Waals surface area (Å²) in [5.74, 6) is -0.459. The number of amides is 1. The fraction of sp³-hybridized carbons (Fsp3) is 0.130. The molecule has 1 N–H and O–H groups in total. The van der Waals surface area contributed by atoms with Crippen LogP contribution in [0.25, 0.3) is 0 Å². The number of hydrogen-bond acceptors (Lipinski definition) is 4. The average molecular weight is 501 g/mol. The van der Waals surface area contributed by atoms with E-state index in [0.29, 0.717) is 29.2 Å². The van der Waals surface area contributed by atoms with Gasteiger partial charge in [-0.1, -0.05) is 54.6 Å². The molecule has 148 valence electrons. The molecule has 0 heterocycles. The summed E-state index contributed by atoms with van der Waals surface area (Å²) in [6.45, 7) is 2.34. The van der Waals surface area contributed by atoms with E-state index in [2.05, 4.69) is 27.9 Å². The second-order valence-corrected chi connectivity index (χ2v) is 7.26. The number of carbonyl (C=O) groups excluding carboxylic acids is 2. The molecule has 3 aromatic carbocycles. The lowest BCUT2D eigenvalue weighted by Gasteiger charge is -2.19. The normalized spacial score (nSPS) is 11.4. The quantitative estimate of drug-likeness (QED) is 0.356. The minimum atomic E-state index is -1.10. The molecule has 3 rings (SSSR count). The number of halogens is 1. The standard InChI is InChI=1S/C23H20INO4/c1-2-28-20-15-9-8-14-19(20)25-22(26)21(16-10-4-3-5-11-16)29-23(27)17-12-6-7-13-18(17)24/h3-15,21H,2H2,1H3,(H,25,26). The summed E-state index contributed by atoms with van der Waals surface area (Å²) < 4.78 is 12.0. The minimum Gasteiger partial charge on any atom is -0.492 e. The Morgan fingerprint density at radius 1 is 0.931 bits per heavy atom. The van der Waals surface area contributed by atoms with E-state index in [9.17, 15) is 9.59 Å². The van der Waals surface area contributed by atoms with Crippen LogP contribution in [0.4, 0.5) is 5.69 Å². The molecule has 1 unspecified atom stereocenters. The van der Waals surface area contributed by atoms with Gasteiger partial charge in [0.25, 0.3) is 5.91 Å². The Morgan fingerprint density at radius 2 is 1.59 bits per heavy atom. The van der Waals surface area contributed by atoms with Gasteiger partial charge in [-0.2, -0.15) is 0 Å². The molecule has 1 atom stereocenters. The van der Waals surface area contributed by atoms with Crippen molar-refractivity contribution in [3.63, 3.8) is 0 Å². The lowest BCUT2D eigenvalue weighted by atomic mass is 10.1. The van der Waals surface area contributed by atoms with E-state index in [1.165, 1.54) is 0 Å². The third kappa shape index (κ3) is 5.35. The first-order chi connectivity index (χ1) is 14.1. The van der Waals surface area contributed by atoms with Gasteiger partial charge in [0.05, 0.1) is 17.9 Å². The van der Waals surface area contributed by atoms with Crippen molar-refractivity contribution < 1.29 is 19.1 Å². The van der Waals surface area contributed by atoms with Crippen LogP contribution in [-0.4, -0.2) is 18.5 Å². The fourth-order valence-electron chi connectivity index (χ4n) is 2.75. The smallest absolute Gasteiger partial charge is 0.340 e. The van der Waals surface area contributed by atoms with Gasteiger partial charge in [-0.25, -0.2) is 4.79 Å². The van der Waals surface area contributed by atoms with Crippen molar-refractivity contribution in [1.82, 2.24) is 0 Å². The SMILES string of the molecule is CCOc1ccccc1NC(=O)C(OC(=O)c1ccccc1I)c1ccccc1. The molecule has 0 saturated heterocycles. The third-order valence-corrected chi connectivity index (χ3v) is 5.04. The summed E-state index contributed by atoms with van der Waals surface area (Å²) >= 11 is 2.07. The first kappa shape index (κ1) is 20.9. The number of para-hydroxylation sites is 2. The summed E-state index contributed by atoms with van der Waals surface area (Å²) in [5, 5.41) is 2.82. The highest BCUT2D eigenvalue weighted by molar-refractivity contribution is 14.1. The molecular weight excluding hydrogens is 481 g/mol. The van der Waals surface area contributed by atoms with E-state index < -0.39 is 18.0 Å². The van der Waals surface area contributed by atoms with E-state index in [1.807, 2.05) is 31.2 Å². The maximum atomic E-state index is 13.1. The lowest BCUT2D eigenvalue weighted by molar-refractivity contribution is -0.125.